The van der Waals surface area contributed by atoms with E-state index < -0.39 is 0 Å². The van der Waals surface area contributed by atoms with Gasteiger partial charge in [-0.05, 0) is 49.6 Å². The summed E-state index contributed by atoms with van der Waals surface area (Å²) >= 11 is 6.06. The van der Waals surface area contributed by atoms with E-state index in [1.54, 1.807) is 12.1 Å². The fourth-order valence-electron chi connectivity index (χ4n) is 2.12. The Balaban J connectivity index is 2.05. The Bertz CT molecular complexity index is 728. The molecule has 1 N–H and O–H groups in total. The number of carbonyl (C=O) groups is 1. The van der Waals surface area contributed by atoms with E-state index in [-0.39, 0.29) is 12.5 Å². The topological polar surface area (TPSA) is 47.6 Å². The van der Waals surface area contributed by atoms with Crippen molar-refractivity contribution in [2.24, 2.45) is 0 Å². The minimum absolute atomic E-state index is 0.0743. The monoisotopic (exact) mass is 333 g/mol. The number of carbonyl (C=O) groups excluding carboxylic acids is 1. The van der Waals surface area contributed by atoms with Crippen molar-refractivity contribution in [3.05, 3.63) is 52.0 Å². The van der Waals surface area contributed by atoms with Crippen LogP contribution in [0.3, 0.4) is 0 Å². The van der Waals surface area contributed by atoms with Gasteiger partial charge in [-0.3, -0.25) is 4.79 Å². The number of benzene rings is 2. The largest absolute Gasteiger partial charge is 0.495 e. The highest BCUT2D eigenvalue weighted by atomic mass is 35.5. The third-order valence-electron chi connectivity index (χ3n) is 3.46. The molecule has 0 aliphatic carbocycles. The van der Waals surface area contributed by atoms with Gasteiger partial charge in [-0.15, -0.1) is 0 Å². The van der Waals surface area contributed by atoms with Gasteiger partial charge in [0.1, 0.15) is 11.5 Å². The maximum Gasteiger partial charge on any atom is 0.262 e. The molecule has 0 spiro atoms. The number of anilines is 1. The second-order valence-electron chi connectivity index (χ2n) is 5.41. The van der Waals surface area contributed by atoms with Gasteiger partial charge in [0.05, 0.1) is 12.8 Å². The number of halogens is 1. The summed E-state index contributed by atoms with van der Waals surface area (Å²) in [6, 6.07) is 9.34. The van der Waals surface area contributed by atoms with Crippen LogP contribution in [0.4, 0.5) is 5.69 Å². The lowest BCUT2D eigenvalue weighted by Gasteiger charge is -2.13. The number of hydrogen-bond acceptors (Lipinski definition) is 3. The van der Waals surface area contributed by atoms with E-state index in [9.17, 15) is 4.79 Å². The van der Waals surface area contributed by atoms with E-state index in [1.807, 2.05) is 39.0 Å². The number of hydrogen-bond donors (Lipinski definition) is 1. The minimum atomic E-state index is -0.258. The van der Waals surface area contributed by atoms with Crippen LogP contribution in [-0.4, -0.2) is 19.6 Å². The number of nitrogens with one attached hydrogen (secondary N) is 1. The van der Waals surface area contributed by atoms with Crippen molar-refractivity contribution in [2.75, 3.05) is 19.0 Å². The van der Waals surface area contributed by atoms with Crippen molar-refractivity contribution in [3.8, 4) is 11.5 Å². The number of amides is 1. The van der Waals surface area contributed by atoms with Crippen molar-refractivity contribution >= 4 is 23.2 Å². The minimum Gasteiger partial charge on any atom is -0.495 e. The smallest absolute Gasteiger partial charge is 0.262 e. The van der Waals surface area contributed by atoms with Crippen LogP contribution >= 0.6 is 11.6 Å². The zero-order chi connectivity index (χ0) is 17.0. The summed E-state index contributed by atoms with van der Waals surface area (Å²) in [6.45, 7) is 5.71. The predicted octanol–water partition coefficient (Wildman–Crippen LogP) is 4.29. The third kappa shape index (κ3) is 4.39. The van der Waals surface area contributed by atoms with Gasteiger partial charge in [0.2, 0.25) is 0 Å². The molecule has 2 aromatic carbocycles. The fourth-order valence-corrected chi connectivity index (χ4v) is 2.28. The molecule has 0 saturated heterocycles. The molecule has 0 bridgehead atoms. The van der Waals surface area contributed by atoms with Crippen LogP contribution in [0, 0.1) is 20.8 Å². The van der Waals surface area contributed by atoms with Crippen molar-refractivity contribution in [1.82, 2.24) is 0 Å². The molecule has 0 fully saturated rings. The lowest BCUT2D eigenvalue weighted by atomic mass is 10.1. The van der Waals surface area contributed by atoms with Crippen LogP contribution in [0.2, 0.25) is 5.02 Å². The summed E-state index contributed by atoms with van der Waals surface area (Å²) in [5.41, 5.74) is 3.51. The summed E-state index contributed by atoms with van der Waals surface area (Å²) < 4.78 is 10.8. The molecule has 0 atom stereocenters. The van der Waals surface area contributed by atoms with Crippen LogP contribution in [0.15, 0.2) is 30.3 Å². The average molecular weight is 334 g/mol. The van der Waals surface area contributed by atoms with Crippen molar-refractivity contribution in [2.45, 2.75) is 20.8 Å². The molecule has 0 aromatic heterocycles. The van der Waals surface area contributed by atoms with Gasteiger partial charge >= 0.3 is 0 Å². The molecule has 2 aromatic rings. The Morgan fingerprint density at radius 1 is 1.09 bits per heavy atom. The highest BCUT2D eigenvalue weighted by molar-refractivity contribution is 6.31. The van der Waals surface area contributed by atoms with Crippen molar-refractivity contribution in [1.29, 1.82) is 0 Å². The van der Waals surface area contributed by atoms with Crippen LogP contribution in [-0.2, 0) is 4.79 Å². The third-order valence-corrected chi connectivity index (χ3v) is 3.86. The molecule has 122 valence electrons. The standard InChI is InChI=1S/C18H20ClNO3/c1-11-5-6-12(2)16(7-11)23-10-18(21)20-15-8-13(3)14(19)9-17(15)22-4/h5-9H,10H2,1-4H3,(H,20,21). The first kappa shape index (κ1) is 17.2. The molecular weight excluding hydrogens is 314 g/mol. The van der Waals surface area contributed by atoms with Gasteiger partial charge < -0.3 is 14.8 Å². The fraction of sp³-hybridized carbons (Fsp3) is 0.278. The van der Waals surface area contributed by atoms with Crippen LogP contribution in [0.1, 0.15) is 16.7 Å². The van der Waals surface area contributed by atoms with Gasteiger partial charge in [-0.25, -0.2) is 0 Å². The second-order valence-corrected chi connectivity index (χ2v) is 5.81. The maximum absolute atomic E-state index is 12.1. The number of ether oxygens (including phenoxy) is 2. The molecule has 23 heavy (non-hydrogen) atoms. The predicted molar refractivity (Wildman–Crippen MR) is 92.8 cm³/mol. The summed E-state index contributed by atoms with van der Waals surface area (Å²) in [4.78, 5) is 12.1. The van der Waals surface area contributed by atoms with E-state index in [0.717, 1.165) is 16.7 Å². The number of methoxy groups -OCH3 is 1. The van der Waals surface area contributed by atoms with Crippen LogP contribution in [0.5, 0.6) is 11.5 Å². The van der Waals surface area contributed by atoms with Crippen LogP contribution in [0.25, 0.3) is 0 Å². The Hall–Kier alpha value is -2.20. The zero-order valence-electron chi connectivity index (χ0n) is 13.7. The molecule has 0 aliphatic rings. The highest BCUT2D eigenvalue weighted by Gasteiger charge is 2.11. The van der Waals surface area contributed by atoms with Crippen molar-refractivity contribution in [3.63, 3.8) is 0 Å². The second kappa shape index (κ2) is 7.38. The lowest BCUT2D eigenvalue weighted by Crippen LogP contribution is -2.21. The molecular formula is C18H20ClNO3. The van der Waals surface area contributed by atoms with E-state index >= 15 is 0 Å². The summed E-state index contributed by atoms with van der Waals surface area (Å²) in [7, 11) is 1.53. The Kier molecular flexibility index (Phi) is 5.50. The molecule has 0 aliphatic heterocycles. The first-order chi connectivity index (χ1) is 10.9. The van der Waals surface area contributed by atoms with Gasteiger partial charge in [0, 0.05) is 11.1 Å². The molecule has 4 nitrogen and oxygen atoms in total. The van der Waals surface area contributed by atoms with Gasteiger partial charge in [0.25, 0.3) is 5.91 Å². The highest BCUT2D eigenvalue weighted by Crippen LogP contribution is 2.30. The zero-order valence-corrected chi connectivity index (χ0v) is 14.5. The SMILES string of the molecule is COc1cc(Cl)c(C)cc1NC(=O)COc1cc(C)ccc1C. The van der Waals surface area contributed by atoms with Crippen molar-refractivity contribution < 1.29 is 14.3 Å². The van der Waals surface area contributed by atoms with E-state index in [0.29, 0.717) is 22.2 Å². The first-order valence-corrected chi connectivity index (χ1v) is 7.62. The van der Waals surface area contributed by atoms with Gasteiger partial charge in [0.15, 0.2) is 6.61 Å². The normalized spacial score (nSPS) is 10.3. The molecule has 2 rings (SSSR count). The van der Waals surface area contributed by atoms with Crippen LogP contribution < -0.4 is 14.8 Å². The first-order valence-electron chi connectivity index (χ1n) is 7.24. The molecule has 0 unspecified atom stereocenters. The maximum atomic E-state index is 12.1. The van der Waals surface area contributed by atoms with E-state index in [1.165, 1.54) is 7.11 Å². The molecule has 0 heterocycles. The summed E-state index contributed by atoms with van der Waals surface area (Å²) in [5, 5.41) is 3.38. The van der Waals surface area contributed by atoms with Gasteiger partial charge in [-0.1, -0.05) is 23.7 Å². The summed E-state index contributed by atoms with van der Waals surface area (Å²) in [5.74, 6) is 0.964. The Labute approximate surface area is 141 Å². The molecule has 0 saturated carbocycles. The quantitative estimate of drug-likeness (QED) is 0.887. The lowest BCUT2D eigenvalue weighted by molar-refractivity contribution is -0.118. The van der Waals surface area contributed by atoms with E-state index in [2.05, 4.69) is 5.32 Å². The molecule has 5 heteroatoms. The van der Waals surface area contributed by atoms with Gasteiger partial charge in [-0.2, -0.15) is 0 Å². The molecule has 0 radical (unpaired) electrons. The van der Waals surface area contributed by atoms with E-state index in [4.69, 9.17) is 21.1 Å². The summed E-state index contributed by atoms with van der Waals surface area (Å²) in [6.07, 6.45) is 0. The average Bonchev–Trinajstić information content (AvgIpc) is 2.51. The number of rotatable bonds is 5. The Morgan fingerprint density at radius 2 is 1.83 bits per heavy atom. The molecule has 1 amide bonds. The Morgan fingerprint density at radius 3 is 2.52 bits per heavy atom. The number of aryl methyl sites for hydroxylation is 3.